The van der Waals surface area contributed by atoms with Crippen LogP contribution in [0.3, 0.4) is 0 Å². The molecule has 0 saturated heterocycles. The molecule has 1 aromatic heterocycles. The van der Waals surface area contributed by atoms with E-state index in [1.807, 2.05) is 7.05 Å². The van der Waals surface area contributed by atoms with Crippen LogP contribution in [0.15, 0.2) is 12.1 Å². The first kappa shape index (κ1) is 15.7. The fourth-order valence-electron chi connectivity index (χ4n) is 4.09. The van der Waals surface area contributed by atoms with E-state index in [-0.39, 0.29) is 0 Å². The highest BCUT2D eigenvalue weighted by Crippen LogP contribution is 2.36. The fraction of sp³-hybridized carbons (Fsp3) is 0.611. The van der Waals surface area contributed by atoms with Gasteiger partial charge in [0.15, 0.2) is 0 Å². The molecule has 2 aliphatic heterocycles. The summed E-state index contributed by atoms with van der Waals surface area (Å²) in [4.78, 5) is 7.07. The Morgan fingerprint density at radius 1 is 1.38 bits per heavy atom. The number of hydrogen-bond acceptors (Lipinski definition) is 5. The second-order valence-corrected chi connectivity index (χ2v) is 7.40. The second kappa shape index (κ2) is 6.26. The number of aromatic nitrogens is 2. The van der Waals surface area contributed by atoms with Crippen molar-refractivity contribution in [1.29, 1.82) is 0 Å². The van der Waals surface area contributed by atoms with E-state index in [1.165, 1.54) is 11.1 Å². The van der Waals surface area contributed by atoms with Gasteiger partial charge in [0.2, 0.25) is 5.95 Å². The van der Waals surface area contributed by atoms with Gasteiger partial charge >= 0.3 is 0 Å². The summed E-state index contributed by atoms with van der Waals surface area (Å²) in [6, 6.07) is 4.18. The minimum absolute atomic E-state index is 0.522. The summed E-state index contributed by atoms with van der Waals surface area (Å²) < 4.78 is 8.41. The number of hydrogen-bond donors (Lipinski definition) is 2. The molecule has 0 amide bonds. The van der Waals surface area contributed by atoms with Crippen LogP contribution in [0.1, 0.15) is 5.56 Å². The lowest BCUT2D eigenvalue weighted by Gasteiger charge is -2.29. The van der Waals surface area contributed by atoms with Gasteiger partial charge in [-0.25, -0.2) is 4.98 Å². The topological polar surface area (TPSA) is 54.4 Å². The minimum Gasteiger partial charge on any atom is -0.493 e. The summed E-state index contributed by atoms with van der Waals surface area (Å²) >= 11 is 0. The summed E-state index contributed by atoms with van der Waals surface area (Å²) in [5.74, 6) is 3.16. The number of imidazole rings is 1. The van der Waals surface area contributed by atoms with Gasteiger partial charge in [-0.3, -0.25) is 0 Å². The molecule has 6 nitrogen and oxygen atoms in total. The van der Waals surface area contributed by atoms with E-state index in [2.05, 4.69) is 46.3 Å². The highest BCUT2D eigenvalue weighted by atomic mass is 16.5. The van der Waals surface area contributed by atoms with E-state index in [0.717, 1.165) is 56.4 Å². The SMILES string of the molecule is CNCC1COc2ccc3nc4n(c3c2C1)CC(CN(C)C)CN4. The third kappa shape index (κ3) is 2.74. The van der Waals surface area contributed by atoms with E-state index in [9.17, 15) is 0 Å². The third-order valence-corrected chi connectivity index (χ3v) is 5.04. The zero-order valence-corrected chi connectivity index (χ0v) is 14.8. The van der Waals surface area contributed by atoms with E-state index >= 15 is 0 Å². The number of nitrogens with one attached hydrogen (secondary N) is 2. The number of benzene rings is 1. The molecule has 1 aromatic carbocycles. The summed E-state index contributed by atoms with van der Waals surface area (Å²) in [7, 11) is 6.28. The van der Waals surface area contributed by atoms with E-state index in [0.29, 0.717) is 11.8 Å². The summed E-state index contributed by atoms with van der Waals surface area (Å²) in [6.07, 6.45) is 1.05. The molecule has 2 unspecified atom stereocenters. The molecule has 130 valence electrons. The van der Waals surface area contributed by atoms with E-state index < -0.39 is 0 Å². The van der Waals surface area contributed by atoms with Crippen molar-refractivity contribution in [3.05, 3.63) is 17.7 Å². The standard InChI is InChI=1S/C18H27N5O/c1-19-7-12-6-14-16(24-11-12)5-4-15-17(14)23-10-13(9-22(2)3)8-20-18(23)21-15/h4-5,12-13,19H,6-11H2,1-3H3,(H,20,21). The second-order valence-electron chi connectivity index (χ2n) is 7.40. The molecule has 0 saturated carbocycles. The highest BCUT2D eigenvalue weighted by molar-refractivity contribution is 5.85. The van der Waals surface area contributed by atoms with Crippen LogP contribution in [0, 0.1) is 11.8 Å². The predicted octanol–water partition coefficient (Wildman–Crippen LogP) is 1.41. The van der Waals surface area contributed by atoms with Crippen molar-refractivity contribution in [2.24, 2.45) is 11.8 Å². The first-order chi connectivity index (χ1) is 11.7. The van der Waals surface area contributed by atoms with Crippen molar-refractivity contribution in [2.75, 3.05) is 52.7 Å². The monoisotopic (exact) mass is 329 g/mol. The van der Waals surface area contributed by atoms with Crippen LogP contribution in [0.5, 0.6) is 5.75 Å². The fourth-order valence-corrected chi connectivity index (χ4v) is 4.09. The van der Waals surface area contributed by atoms with Gasteiger partial charge in [0, 0.05) is 43.6 Å². The molecule has 0 spiro atoms. The first-order valence-corrected chi connectivity index (χ1v) is 8.83. The molecule has 6 heteroatoms. The lowest BCUT2D eigenvalue weighted by molar-refractivity contribution is 0.221. The summed E-state index contributed by atoms with van der Waals surface area (Å²) in [5, 5.41) is 6.80. The number of nitrogens with zero attached hydrogens (tertiary/aromatic N) is 3. The van der Waals surface area contributed by atoms with Gasteiger partial charge in [0.05, 0.1) is 17.6 Å². The number of fused-ring (bicyclic) bond motifs is 5. The Bertz CT molecular complexity index is 739. The van der Waals surface area contributed by atoms with Crippen molar-refractivity contribution >= 4 is 17.0 Å². The molecule has 0 bridgehead atoms. The third-order valence-electron chi connectivity index (χ3n) is 5.04. The van der Waals surface area contributed by atoms with Crippen molar-refractivity contribution in [2.45, 2.75) is 13.0 Å². The molecule has 2 atom stereocenters. The Kier molecular flexibility index (Phi) is 4.10. The lowest BCUT2D eigenvalue weighted by Crippen LogP contribution is -2.35. The van der Waals surface area contributed by atoms with Crippen molar-refractivity contribution < 1.29 is 4.74 Å². The molecule has 24 heavy (non-hydrogen) atoms. The van der Waals surface area contributed by atoms with Crippen LogP contribution in [-0.4, -0.2) is 61.8 Å². The summed E-state index contributed by atoms with van der Waals surface area (Å²) in [6.45, 7) is 4.87. The predicted molar refractivity (Wildman–Crippen MR) is 96.9 cm³/mol. The molecule has 2 aliphatic rings. The first-order valence-electron chi connectivity index (χ1n) is 8.83. The number of anilines is 1. The minimum atomic E-state index is 0.522. The van der Waals surface area contributed by atoms with Crippen molar-refractivity contribution in [3.63, 3.8) is 0 Å². The van der Waals surface area contributed by atoms with Gasteiger partial charge in [-0.2, -0.15) is 0 Å². The number of ether oxygens (including phenoxy) is 1. The van der Waals surface area contributed by atoms with Gasteiger partial charge in [0.25, 0.3) is 0 Å². The maximum Gasteiger partial charge on any atom is 0.203 e. The molecular weight excluding hydrogens is 302 g/mol. The van der Waals surface area contributed by atoms with Crippen LogP contribution >= 0.6 is 0 Å². The van der Waals surface area contributed by atoms with Crippen LogP contribution in [0.25, 0.3) is 11.0 Å². The zero-order chi connectivity index (χ0) is 16.7. The Hall–Kier alpha value is -1.79. The largest absolute Gasteiger partial charge is 0.493 e. The average molecular weight is 329 g/mol. The Balaban J connectivity index is 1.73. The van der Waals surface area contributed by atoms with Crippen LogP contribution in [-0.2, 0) is 13.0 Å². The molecule has 0 fully saturated rings. The summed E-state index contributed by atoms with van der Waals surface area (Å²) in [5.41, 5.74) is 3.67. The van der Waals surface area contributed by atoms with Gasteiger partial charge in [-0.05, 0) is 39.7 Å². The molecule has 3 heterocycles. The van der Waals surface area contributed by atoms with Crippen LogP contribution in [0.2, 0.25) is 0 Å². The molecule has 0 radical (unpaired) electrons. The Labute approximate surface area is 143 Å². The van der Waals surface area contributed by atoms with E-state index in [4.69, 9.17) is 9.72 Å². The quantitative estimate of drug-likeness (QED) is 0.888. The van der Waals surface area contributed by atoms with Crippen LogP contribution < -0.4 is 15.4 Å². The molecule has 2 N–H and O–H groups in total. The maximum absolute atomic E-state index is 6.04. The Morgan fingerprint density at radius 3 is 3.04 bits per heavy atom. The van der Waals surface area contributed by atoms with Crippen LogP contribution in [0.4, 0.5) is 5.95 Å². The lowest BCUT2D eigenvalue weighted by atomic mass is 9.95. The Morgan fingerprint density at radius 2 is 2.25 bits per heavy atom. The maximum atomic E-state index is 6.04. The van der Waals surface area contributed by atoms with Gasteiger partial charge in [0.1, 0.15) is 5.75 Å². The smallest absolute Gasteiger partial charge is 0.203 e. The molecular formula is C18H27N5O. The highest BCUT2D eigenvalue weighted by Gasteiger charge is 2.27. The van der Waals surface area contributed by atoms with Gasteiger partial charge in [-0.1, -0.05) is 0 Å². The molecule has 2 aromatic rings. The van der Waals surface area contributed by atoms with Crippen molar-refractivity contribution in [3.8, 4) is 5.75 Å². The zero-order valence-electron chi connectivity index (χ0n) is 14.8. The van der Waals surface area contributed by atoms with Gasteiger partial charge < -0.3 is 24.8 Å². The number of rotatable bonds is 4. The molecule has 4 rings (SSSR count). The normalized spacial score (nSPS) is 22.8. The molecule has 0 aliphatic carbocycles. The average Bonchev–Trinajstić information content (AvgIpc) is 2.93. The van der Waals surface area contributed by atoms with Crippen molar-refractivity contribution in [1.82, 2.24) is 19.8 Å². The van der Waals surface area contributed by atoms with E-state index in [1.54, 1.807) is 0 Å². The van der Waals surface area contributed by atoms with Gasteiger partial charge in [-0.15, -0.1) is 0 Å².